The standard InChI is InChI=1S/C13H9ClN2O4/c14-13-4-1-9(6-15-13)8-20-12-3-2-11(16(18)19)5-10(12)7-17/h1-7H,8H2. The van der Waals surface area contributed by atoms with Crippen molar-refractivity contribution in [1.29, 1.82) is 0 Å². The van der Waals surface area contributed by atoms with E-state index < -0.39 is 4.92 Å². The van der Waals surface area contributed by atoms with Crippen LogP contribution in [0.1, 0.15) is 15.9 Å². The Morgan fingerprint density at radius 2 is 2.15 bits per heavy atom. The summed E-state index contributed by atoms with van der Waals surface area (Å²) in [7, 11) is 0. The van der Waals surface area contributed by atoms with Crippen molar-refractivity contribution in [3.05, 3.63) is 62.9 Å². The van der Waals surface area contributed by atoms with E-state index in [4.69, 9.17) is 16.3 Å². The molecule has 0 aliphatic rings. The number of pyridine rings is 1. The zero-order valence-corrected chi connectivity index (χ0v) is 10.9. The van der Waals surface area contributed by atoms with E-state index in [0.29, 0.717) is 11.4 Å². The molecule has 0 saturated carbocycles. The molecule has 0 spiro atoms. The summed E-state index contributed by atoms with van der Waals surface area (Å²) >= 11 is 5.66. The van der Waals surface area contributed by atoms with Gasteiger partial charge in [0.1, 0.15) is 17.5 Å². The van der Waals surface area contributed by atoms with Crippen LogP contribution in [0.25, 0.3) is 0 Å². The van der Waals surface area contributed by atoms with Gasteiger partial charge in [-0.05, 0) is 12.1 Å². The lowest BCUT2D eigenvalue weighted by Gasteiger charge is -2.08. The van der Waals surface area contributed by atoms with Crippen molar-refractivity contribution in [3.8, 4) is 5.75 Å². The van der Waals surface area contributed by atoms with Crippen LogP contribution < -0.4 is 4.74 Å². The van der Waals surface area contributed by atoms with E-state index in [1.807, 2.05) is 0 Å². The number of ether oxygens (including phenoxy) is 1. The number of nitro benzene ring substituents is 1. The highest BCUT2D eigenvalue weighted by Crippen LogP contribution is 2.23. The summed E-state index contributed by atoms with van der Waals surface area (Å²) in [5.41, 5.74) is 0.735. The predicted molar refractivity (Wildman–Crippen MR) is 72.1 cm³/mol. The monoisotopic (exact) mass is 292 g/mol. The quantitative estimate of drug-likeness (QED) is 0.366. The molecule has 0 atom stereocenters. The van der Waals surface area contributed by atoms with Gasteiger partial charge >= 0.3 is 0 Å². The van der Waals surface area contributed by atoms with E-state index in [2.05, 4.69) is 4.98 Å². The molecule has 0 N–H and O–H groups in total. The molecule has 0 fully saturated rings. The molecule has 0 amide bonds. The number of rotatable bonds is 5. The summed E-state index contributed by atoms with van der Waals surface area (Å²) < 4.78 is 5.45. The smallest absolute Gasteiger partial charge is 0.270 e. The topological polar surface area (TPSA) is 82.3 Å². The molecule has 20 heavy (non-hydrogen) atoms. The van der Waals surface area contributed by atoms with Crippen LogP contribution in [0.3, 0.4) is 0 Å². The van der Waals surface area contributed by atoms with Crippen molar-refractivity contribution >= 4 is 23.6 Å². The molecular formula is C13H9ClN2O4. The van der Waals surface area contributed by atoms with Gasteiger partial charge in [-0.2, -0.15) is 0 Å². The molecular weight excluding hydrogens is 284 g/mol. The van der Waals surface area contributed by atoms with Gasteiger partial charge in [0.2, 0.25) is 0 Å². The first-order chi connectivity index (χ1) is 9.60. The normalized spacial score (nSPS) is 10.1. The second kappa shape index (κ2) is 6.12. The Labute approximate surface area is 119 Å². The molecule has 0 aliphatic carbocycles. The minimum Gasteiger partial charge on any atom is -0.488 e. The predicted octanol–water partition coefficient (Wildman–Crippen LogP) is 3.03. The van der Waals surface area contributed by atoms with Gasteiger partial charge < -0.3 is 4.74 Å². The molecule has 2 aromatic rings. The molecule has 6 nitrogen and oxygen atoms in total. The highest BCUT2D eigenvalue weighted by atomic mass is 35.5. The van der Waals surface area contributed by atoms with Gasteiger partial charge in [-0.1, -0.05) is 17.7 Å². The van der Waals surface area contributed by atoms with E-state index in [9.17, 15) is 14.9 Å². The number of nitro groups is 1. The maximum Gasteiger partial charge on any atom is 0.270 e. The van der Waals surface area contributed by atoms with Gasteiger partial charge in [0, 0.05) is 23.9 Å². The highest BCUT2D eigenvalue weighted by Gasteiger charge is 2.11. The number of carbonyl (C=O) groups excluding carboxylic acids is 1. The summed E-state index contributed by atoms with van der Waals surface area (Å²) in [5, 5.41) is 11.0. The number of benzene rings is 1. The third kappa shape index (κ3) is 3.30. The molecule has 7 heteroatoms. The van der Waals surface area contributed by atoms with Crippen LogP contribution in [0.15, 0.2) is 36.5 Å². The summed E-state index contributed by atoms with van der Waals surface area (Å²) in [5.74, 6) is 0.278. The van der Waals surface area contributed by atoms with Gasteiger partial charge in [0.25, 0.3) is 5.69 Å². The number of non-ortho nitro benzene ring substituents is 1. The van der Waals surface area contributed by atoms with Gasteiger partial charge in [-0.15, -0.1) is 0 Å². The Balaban J connectivity index is 2.14. The molecule has 1 heterocycles. The maximum atomic E-state index is 10.9. The number of nitrogens with zero attached hydrogens (tertiary/aromatic N) is 2. The SMILES string of the molecule is O=Cc1cc([N+](=O)[O-])ccc1OCc1ccc(Cl)nc1. The molecule has 1 aromatic heterocycles. The fraction of sp³-hybridized carbons (Fsp3) is 0.0769. The third-order valence-corrected chi connectivity index (χ3v) is 2.74. The van der Waals surface area contributed by atoms with Crippen LogP contribution >= 0.6 is 11.6 Å². The second-order valence-corrected chi connectivity index (χ2v) is 4.26. The van der Waals surface area contributed by atoms with Gasteiger partial charge in [0.05, 0.1) is 10.5 Å². The molecule has 1 aromatic carbocycles. The van der Waals surface area contributed by atoms with Crippen molar-refractivity contribution in [3.63, 3.8) is 0 Å². The lowest BCUT2D eigenvalue weighted by atomic mass is 10.2. The van der Waals surface area contributed by atoms with Crippen molar-refractivity contribution in [2.45, 2.75) is 6.61 Å². The highest BCUT2D eigenvalue weighted by molar-refractivity contribution is 6.29. The molecule has 0 saturated heterocycles. The average Bonchev–Trinajstić information content (AvgIpc) is 2.46. The Bertz CT molecular complexity index is 643. The summed E-state index contributed by atoms with van der Waals surface area (Å²) in [6.07, 6.45) is 2.07. The van der Waals surface area contributed by atoms with Crippen LogP contribution in [-0.4, -0.2) is 16.2 Å². The molecule has 102 valence electrons. The van der Waals surface area contributed by atoms with E-state index in [-0.39, 0.29) is 23.6 Å². The van der Waals surface area contributed by atoms with E-state index >= 15 is 0 Å². The summed E-state index contributed by atoms with van der Waals surface area (Å²) in [4.78, 5) is 24.9. The van der Waals surface area contributed by atoms with Crippen molar-refractivity contribution < 1.29 is 14.5 Å². The molecule has 0 unspecified atom stereocenters. The molecule has 0 aliphatic heterocycles. The minimum atomic E-state index is -0.570. The molecule has 0 radical (unpaired) electrons. The number of aromatic nitrogens is 1. The van der Waals surface area contributed by atoms with E-state index in [1.54, 1.807) is 18.3 Å². The first-order valence-electron chi connectivity index (χ1n) is 5.57. The fourth-order valence-electron chi connectivity index (χ4n) is 1.53. The Hall–Kier alpha value is -2.47. The maximum absolute atomic E-state index is 10.9. The van der Waals surface area contributed by atoms with Crippen molar-refractivity contribution in [2.75, 3.05) is 0 Å². The van der Waals surface area contributed by atoms with Crippen LogP contribution in [0.4, 0.5) is 5.69 Å². The minimum absolute atomic E-state index is 0.126. The first-order valence-corrected chi connectivity index (χ1v) is 5.95. The zero-order chi connectivity index (χ0) is 14.5. The van der Waals surface area contributed by atoms with Crippen LogP contribution in [0, 0.1) is 10.1 Å². The Kier molecular flexibility index (Phi) is 4.27. The van der Waals surface area contributed by atoms with Gasteiger partial charge in [0.15, 0.2) is 6.29 Å². The Morgan fingerprint density at radius 3 is 2.75 bits per heavy atom. The van der Waals surface area contributed by atoms with Gasteiger partial charge in [-0.25, -0.2) is 4.98 Å². The summed E-state index contributed by atoms with van der Waals surface area (Å²) in [6, 6.07) is 7.20. The van der Waals surface area contributed by atoms with Gasteiger partial charge in [-0.3, -0.25) is 14.9 Å². The molecule has 2 rings (SSSR count). The number of hydrogen-bond donors (Lipinski definition) is 0. The van der Waals surface area contributed by atoms with Crippen LogP contribution in [0.2, 0.25) is 5.15 Å². The molecule has 0 bridgehead atoms. The van der Waals surface area contributed by atoms with Crippen molar-refractivity contribution in [2.24, 2.45) is 0 Å². The lowest BCUT2D eigenvalue weighted by Crippen LogP contribution is -1.99. The fourth-order valence-corrected chi connectivity index (χ4v) is 1.64. The number of carbonyl (C=O) groups is 1. The average molecular weight is 293 g/mol. The third-order valence-electron chi connectivity index (χ3n) is 2.51. The first kappa shape index (κ1) is 14.0. The zero-order valence-electron chi connectivity index (χ0n) is 10.2. The lowest BCUT2D eigenvalue weighted by molar-refractivity contribution is -0.384. The Morgan fingerprint density at radius 1 is 1.35 bits per heavy atom. The second-order valence-electron chi connectivity index (χ2n) is 3.87. The summed E-state index contributed by atoms with van der Waals surface area (Å²) in [6.45, 7) is 0.183. The van der Waals surface area contributed by atoms with E-state index in [1.165, 1.54) is 18.2 Å². The number of halogens is 1. The largest absolute Gasteiger partial charge is 0.488 e. The van der Waals surface area contributed by atoms with Crippen molar-refractivity contribution in [1.82, 2.24) is 4.98 Å². The number of aldehydes is 1. The van der Waals surface area contributed by atoms with Crippen LogP contribution in [-0.2, 0) is 6.61 Å². The van der Waals surface area contributed by atoms with E-state index in [0.717, 1.165) is 5.56 Å². The number of hydrogen-bond acceptors (Lipinski definition) is 5. The van der Waals surface area contributed by atoms with Crippen LogP contribution in [0.5, 0.6) is 5.75 Å².